The maximum atomic E-state index is 11.8. The van der Waals surface area contributed by atoms with Gasteiger partial charge in [0, 0.05) is 16.1 Å². The van der Waals surface area contributed by atoms with Gasteiger partial charge in [-0.1, -0.05) is 23.2 Å². The van der Waals surface area contributed by atoms with Crippen molar-refractivity contribution in [1.29, 1.82) is 0 Å². The number of rotatable bonds is 3. The number of halogens is 1. The summed E-state index contributed by atoms with van der Waals surface area (Å²) in [7, 11) is 0. The summed E-state index contributed by atoms with van der Waals surface area (Å²) in [5, 5.41) is 14.0. The molecule has 0 atom stereocenters. The minimum Gasteiger partial charge on any atom is -0.507 e. The first-order valence-corrected chi connectivity index (χ1v) is 6.32. The lowest BCUT2D eigenvalue weighted by atomic mass is 10.1. The minimum absolute atomic E-state index is 0.111. The number of aromatic hydroxyl groups is 1. The predicted molar refractivity (Wildman–Crippen MR) is 79.4 cm³/mol. The second-order valence-electron chi connectivity index (χ2n) is 4.27. The van der Waals surface area contributed by atoms with Crippen LogP contribution in [0.25, 0.3) is 0 Å². The number of hydrogen-bond acceptors (Lipinski definition) is 3. The van der Waals surface area contributed by atoms with Gasteiger partial charge in [-0.15, -0.1) is 0 Å². The van der Waals surface area contributed by atoms with Crippen molar-refractivity contribution in [3.63, 3.8) is 0 Å². The molecule has 102 valence electrons. The Hall–Kier alpha value is -2.33. The Morgan fingerprint density at radius 3 is 2.65 bits per heavy atom. The number of hydrazone groups is 1. The Bertz CT molecular complexity index is 651. The van der Waals surface area contributed by atoms with E-state index < -0.39 is 0 Å². The van der Waals surface area contributed by atoms with Crippen LogP contribution in [0.5, 0.6) is 5.75 Å². The smallest absolute Gasteiger partial charge is 0.271 e. The molecule has 2 aromatic carbocycles. The van der Waals surface area contributed by atoms with Crippen LogP contribution in [0.2, 0.25) is 5.02 Å². The summed E-state index contributed by atoms with van der Waals surface area (Å²) in [5.74, 6) is -0.231. The number of carbonyl (C=O) groups excluding carboxylic acids is 1. The third-order valence-corrected chi connectivity index (χ3v) is 2.91. The van der Waals surface area contributed by atoms with E-state index in [1.165, 1.54) is 6.21 Å². The highest BCUT2D eigenvalue weighted by atomic mass is 35.5. The number of hydrogen-bond donors (Lipinski definition) is 2. The zero-order chi connectivity index (χ0) is 14.5. The first-order chi connectivity index (χ1) is 9.56. The average Bonchev–Trinajstić information content (AvgIpc) is 2.43. The second kappa shape index (κ2) is 6.21. The van der Waals surface area contributed by atoms with Crippen molar-refractivity contribution in [3.05, 3.63) is 64.2 Å². The van der Waals surface area contributed by atoms with Crippen LogP contribution in [-0.4, -0.2) is 17.2 Å². The van der Waals surface area contributed by atoms with Crippen LogP contribution in [0.15, 0.2) is 47.6 Å². The van der Waals surface area contributed by atoms with Gasteiger partial charge in [0.1, 0.15) is 5.75 Å². The number of aryl methyl sites for hydroxylation is 1. The van der Waals surface area contributed by atoms with Gasteiger partial charge in [0.2, 0.25) is 0 Å². The van der Waals surface area contributed by atoms with Crippen molar-refractivity contribution in [3.8, 4) is 5.75 Å². The van der Waals surface area contributed by atoms with Crippen LogP contribution in [0.1, 0.15) is 21.5 Å². The van der Waals surface area contributed by atoms with E-state index in [1.54, 1.807) is 42.5 Å². The summed E-state index contributed by atoms with van der Waals surface area (Å²) in [6.45, 7) is 1.91. The summed E-state index contributed by atoms with van der Waals surface area (Å²) < 4.78 is 0. The van der Waals surface area contributed by atoms with E-state index in [1.807, 2.05) is 6.92 Å². The highest BCUT2D eigenvalue weighted by Gasteiger charge is 2.03. The van der Waals surface area contributed by atoms with Gasteiger partial charge in [-0.25, -0.2) is 5.43 Å². The molecule has 2 N–H and O–H groups in total. The number of amides is 1. The SMILES string of the molecule is Cc1ccc(O)c(C=NNC(=O)c2ccc(Cl)cc2)c1. The van der Waals surface area contributed by atoms with Crippen LogP contribution in [0, 0.1) is 6.92 Å². The lowest BCUT2D eigenvalue weighted by molar-refractivity contribution is 0.0955. The van der Waals surface area contributed by atoms with Crippen molar-refractivity contribution in [2.45, 2.75) is 6.92 Å². The third-order valence-electron chi connectivity index (χ3n) is 2.66. The van der Waals surface area contributed by atoms with Gasteiger partial charge in [-0.2, -0.15) is 5.10 Å². The van der Waals surface area contributed by atoms with Gasteiger partial charge in [-0.3, -0.25) is 4.79 Å². The molecule has 0 aromatic heterocycles. The molecule has 0 fully saturated rings. The predicted octanol–water partition coefficient (Wildman–Crippen LogP) is 3.12. The molecular weight excluding hydrogens is 276 g/mol. The summed E-state index contributed by atoms with van der Waals surface area (Å²) in [6.07, 6.45) is 1.40. The van der Waals surface area contributed by atoms with Gasteiger partial charge >= 0.3 is 0 Å². The molecule has 0 aliphatic rings. The molecule has 2 aromatic rings. The van der Waals surface area contributed by atoms with E-state index in [9.17, 15) is 9.90 Å². The number of nitrogens with zero attached hydrogens (tertiary/aromatic N) is 1. The molecule has 0 saturated heterocycles. The molecule has 0 saturated carbocycles. The Morgan fingerprint density at radius 2 is 1.95 bits per heavy atom. The Balaban J connectivity index is 2.04. The fourth-order valence-electron chi connectivity index (χ4n) is 1.60. The topological polar surface area (TPSA) is 61.7 Å². The molecule has 0 bridgehead atoms. The van der Waals surface area contributed by atoms with E-state index in [4.69, 9.17) is 11.6 Å². The number of carbonyl (C=O) groups is 1. The molecule has 0 unspecified atom stereocenters. The van der Waals surface area contributed by atoms with Gasteiger partial charge in [-0.05, 0) is 43.3 Å². The monoisotopic (exact) mass is 288 g/mol. The molecular formula is C15H13ClN2O2. The molecule has 5 heteroatoms. The van der Waals surface area contributed by atoms with E-state index in [-0.39, 0.29) is 11.7 Å². The quantitative estimate of drug-likeness (QED) is 0.673. The van der Waals surface area contributed by atoms with Gasteiger partial charge in [0.15, 0.2) is 0 Å². The molecule has 0 aliphatic heterocycles. The normalized spacial score (nSPS) is 10.7. The van der Waals surface area contributed by atoms with Gasteiger partial charge in [0.25, 0.3) is 5.91 Å². The van der Waals surface area contributed by atoms with Crippen LogP contribution < -0.4 is 5.43 Å². The van der Waals surface area contributed by atoms with Crippen molar-refractivity contribution in [2.75, 3.05) is 0 Å². The molecule has 20 heavy (non-hydrogen) atoms. The largest absolute Gasteiger partial charge is 0.507 e. The van der Waals surface area contributed by atoms with Crippen LogP contribution >= 0.6 is 11.6 Å². The molecule has 1 amide bonds. The number of phenols is 1. The molecule has 4 nitrogen and oxygen atoms in total. The van der Waals surface area contributed by atoms with Crippen molar-refractivity contribution >= 4 is 23.7 Å². The van der Waals surface area contributed by atoms with Crippen LogP contribution in [0.3, 0.4) is 0 Å². The first kappa shape index (κ1) is 14.1. The highest BCUT2D eigenvalue weighted by Crippen LogP contribution is 2.15. The maximum Gasteiger partial charge on any atom is 0.271 e. The standard InChI is InChI=1S/C15H13ClN2O2/c1-10-2-7-14(19)12(8-10)9-17-18-15(20)11-3-5-13(16)6-4-11/h2-9,19H,1H3,(H,18,20). The van der Waals surface area contributed by atoms with Gasteiger partial charge < -0.3 is 5.11 Å². The average molecular weight is 289 g/mol. The van der Waals surface area contributed by atoms with Crippen molar-refractivity contribution < 1.29 is 9.90 Å². The van der Waals surface area contributed by atoms with E-state index >= 15 is 0 Å². The summed E-state index contributed by atoms with van der Waals surface area (Å²) in [4.78, 5) is 11.8. The Labute approximate surface area is 121 Å². The fraction of sp³-hybridized carbons (Fsp3) is 0.0667. The molecule has 0 heterocycles. The molecule has 0 aliphatic carbocycles. The number of nitrogens with one attached hydrogen (secondary N) is 1. The fourth-order valence-corrected chi connectivity index (χ4v) is 1.73. The summed E-state index contributed by atoms with van der Waals surface area (Å²) in [6, 6.07) is 11.6. The van der Waals surface area contributed by atoms with Gasteiger partial charge in [0.05, 0.1) is 6.21 Å². The summed E-state index contributed by atoms with van der Waals surface area (Å²) >= 11 is 5.74. The zero-order valence-corrected chi connectivity index (χ0v) is 11.6. The third kappa shape index (κ3) is 3.59. The molecule has 0 spiro atoms. The molecule has 0 radical (unpaired) electrons. The summed E-state index contributed by atoms with van der Waals surface area (Å²) in [5.41, 5.74) is 4.38. The first-order valence-electron chi connectivity index (χ1n) is 5.95. The second-order valence-corrected chi connectivity index (χ2v) is 4.70. The zero-order valence-electron chi connectivity index (χ0n) is 10.8. The highest BCUT2D eigenvalue weighted by molar-refractivity contribution is 6.30. The van der Waals surface area contributed by atoms with Crippen LogP contribution in [-0.2, 0) is 0 Å². The van der Waals surface area contributed by atoms with E-state index in [0.717, 1.165) is 5.56 Å². The van der Waals surface area contributed by atoms with Crippen LogP contribution in [0.4, 0.5) is 0 Å². The maximum absolute atomic E-state index is 11.8. The number of phenolic OH excluding ortho intramolecular Hbond substituents is 1. The van der Waals surface area contributed by atoms with E-state index in [2.05, 4.69) is 10.5 Å². The number of benzene rings is 2. The van der Waals surface area contributed by atoms with Crippen molar-refractivity contribution in [2.24, 2.45) is 5.10 Å². The Kier molecular flexibility index (Phi) is 4.38. The molecule has 2 rings (SSSR count). The lowest BCUT2D eigenvalue weighted by Crippen LogP contribution is -2.17. The Morgan fingerprint density at radius 1 is 1.25 bits per heavy atom. The van der Waals surface area contributed by atoms with Crippen molar-refractivity contribution in [1.82, 2.24) is 5.43 Å². The lowest BCUT2D eigenvalue weighted by Gasteiger charge is -2.01. The minimum atomic E-state index is -0.343. The van der Waals surface area contributed by atoms with E-state index in [0.29, 0.717) is 16.1 Å².